The van der Waals surface area contributed by atoms with E-state index in [2.05, 4.69) is 25.8 Å². The van der Waals surface area contributed by atoms with E-state index in [0.29, 0.717) is 19.3 Å². The first kappa shape index (κ1) is 13.8. The molecule has 0 bridgehead atoms. The Morgan fingerprint density at radius 3 is 2.67 bits per heavy atom. The normalized spacial score (nSPS) is 35.9. The van der Waals surface area contributed by atoms with Gasteiger partial charge in [-0.1, -0.05) is 26.7 Å². The van der Waals surface area contributed by atoms with Gasteiger partial charge < -0.3 is 9.84 Å². The SMILES string of the molecule is CN(C1COCC1C(=O)O)C1CCCCC1(C)C. The molecule has 2 aliphatic rings. The molecule has 1 aliphatic carbocycles. The summed E-state index contributed by atoms with van der Waals surface area (Å²) in [6.45, 7) is 5.52. The predicted octanol–water partition coefficient (Wildman–Crippen LogP) is 1.99. The van der Waals surface area contributed by atoms with Crippen molar-refractivity contribution in [3.05, 3.63) is 0 Å². The molecule has 2 rings (SSSR count). The van der Waals surface area contributed by atoms with Crippen molar-refractivity contribution in [2.75, 3.05) is 20.3 Å². The zero-order valence-corrected chi connectivity index (χ0v) is 11.7. The second-order valence-electron chi connectivity index (χ2n) is 6.47. The highest BCUT2D eigenvalue weighted by atomic mass is 16.5. The van der Waals surface area contributed by atoms with E-state index in [9.17, 15) is 9.90 Å². The van der Waals surface area contributed by atoms with Crippen molar-refractivity contribution in [2.45, 2.75) is 51.6 Å². The fraction of sp³-hybridized carbons (Fsp3) is 0.929. The highest BCUT2D eigenvalue weighted by Crippen LogP contribution is 2.40. The second kappa shape index (κ2) is 5.17. The fourth-order valence-electron chi connectivity index (χ4n) is 3.64. The number of ether oxygens (including phenoxy) is 1. The van der Waals surface area contributed by atoms with Crippen molar-refractivity contribution in [2.24, 2.45) is 11.3 Å². The Balaban J connectivity index is 2.10. The Morgan fingerprint density at radius 1 is 1.33 bits per heavy atom. The van der Waals surface area contributed by atoms with E-state index in [4.69, 9.17) is 4.74 Å². The monoisotopic (exact) mass is 255 g/mol. The van der Waals surface area contributed by atoms with Crippen LogP contribution in [-0.4, -0.2) is 48.3 Å². The van der Waals surface area contributed by atoms with Crippen LogP contribution < -0.4 is 0 Å². The van der Waals surface area contributed by atoms with Gasteiger partial charge in [0.2, 0.25) is 0 Å². The molecule has 2 fully saturated rings. The Hall–Kier alpha value is -0.610. The maximum absolute atomic E-state index is 11.3. The third kappa shape index (κ3) is 2.54. The summed E-state index contributed by atoms with van der Waals surface area (Å²) in [5, 5.41) is 9.25. The third-order valence-corrected chi connectivity index (χ3v) is 4.83. The Morgan fingerprint density at radius 2 is 2.06 bits per heavy atom. The lowest BCUT2D eigenvalue weighted by Crippen LogP contribution is -2.52. The van der Waals surface area contributed by atoms with Gasteiger partial charge in [0.05, 0.1) is 19.1 Å². The standard InChI is InChI=1S/C14H25NO3/c1-14(2)7-5-4-6-12(14)15(3)11-9-18-8-10(11)13(16)17/h10-12H,4-9H2,1-3H3,(H,16,17). The molecule has 0 amide bonds. The maximum atomic E-state index is 11.3. The van der Waals surface area contributed by atoms with Gasteiger partial charge in [0.25, 0.3) is 0 Å². The van der Waals surface area contributed by atoms with Crippen molar-refractivity contribution in [1.82, 2.24) is 4.90 Å². The number of rotatable bonds is 3. The lowest BCUT2D eigenvalue weighted by atomic mass is 9.72. The molecule has 4 heteroatoms. The van der Waals surface area contributed by atoms with Crippen molar-refractivity contribution in [3.63, 3.8) is 0 Å². The van der Waals surface area contributed by atoms with E-state index < -0.39 is 5.97 Å². The van der Waals surface area contributed by atoms with Gasteiger partial charge in [0.1, 0.15) is 0 Å². The van der Waals surface area contributed by atoms with E-state index in [0.717, 1.165) is 0 Å². The molecular weight excluding hydrogens is 230 g/mol. The van der Waals surface area contributed by atoms with E-state index >= 15 is 0 Å². The molecule has 0 aromatic carbocycles. The maximum Gasteiger partial charge on any atom is 0.310 e. The Kier molecular flexibility index (Phi) is 3.97. The number of aliphatic carboxylic acids is 1. The minimum Gasteiger partial charge on any atom is -0.481 e. The molecule has 0 spiro atoms. The van der Waals surface area contributed by atoms with Crippen molar-refractivity contribution in [3.8, 4) is 0 Å². The van der Waals surface area contributed by atoms with Gasteiger partial charge in [0.15, 0.2) is 0 Å². The Labute approximate surface area is 109 Å². The number of carbonyl (C=O) groups is 1. The van der Waals surface area contributed by atoms with E-state index in [-0.39, 0.29) is 17.4 Å². The summed E-state index contributed by atoms with van der Waals surface area (Å²) in [6, 6.07) is 0.504. The third-order valence-electron chi connectivity index (χ3n) is 4.83. The van der Waals surface area contributed by atoms with Crippen LogP contribution >= 0.6 is 0 Å². The van der Waals surface area contributed by atoms with Crippen LogP contribution in [0.3, 0.4) is 0 Å². The molecule has 1 saturated heterocycles. The first-order chi connectivity index (χ1) is 8.43. The predicted molar refractivity (Wildman–Crippen MR) is 69.5 cm³/mol. The number of carboxylic acid groups (broad SMARTS) is 1. The topological polar surface area (TPSA) is 49.8 Å². The molecule has 1 N–H and O–H groups in total. The second-order valence-corrected chi connectivity index (χ2v) is 6.47. The molecule has 3 atom stereocenters. The molecule has 0 aromatic rings. The summed E-state index contributed by atoms with van der Waals surface area (Å²) in [5.41, 5.74) is 0.276. The van der Waals surface area contributed by atoms with Crippen LogP contribution in [-0.2, 0) is 9.53 Å². The largest absolute Gasteiger partial charge is 0.481 e. The molecule has 104 valence electrons. The van der Waals surface area contributed by atoms with Gasteiger partial charge in [-0.15, -0.1) is 0 Å². The average Bonchev–Trinajstić information content (AvgIpc) is 2.76. The lowest BCUT2D eigenvalue weighted by molar-refractivity contribution is -0.143. The fourth-order valence-corrected chi connectivity index (χ4v) is 3.64. The molecule has 1 aliphatic heterocycles. The minimum atomic E-state index is -0.724. The van der Waals surface area contributed by atoms with Crippen LogP contribution in [0.1, 0.15) is 39.5 Å². The number of hydrogen-bond acceptors (Lipinski definition) is 3. The number of nitrogens with zero attached hydrogens (tertiary/aromatic N) is 1. The van der Waals surface area contributed by atoms with Crippen molar-refractivity contribution in [1.29, 1.82) is 0 Å². The number of carboxylic acids is 1. The first-order valence-corrected chi connectivity index (χ1v) is 6.96. The number of hydrogen-bond donors (Lipinski definition) is 1. The summed E-state index contributed by atoms with van der Waals surface area (Å²) in [4.78, 5) is 13.5. The number of likely N-dealkylation sites (N-methyl/N-ethyl adjacent to an activating group) is 1. The van der Waals surface area contributed by atoms with Gasteiger partial charge in [-0.2, -0.15) is 0 Å². The van der Waals surface area contributed by atoms with Crippen LogP contribution in [0.4, 0.5) is 0 Å². The molecule has 1 heterocycles. The van der Waals surface area contributed by atoms with Crippen LogP contribution in [0.15, 0.2) is 0 Å². The molecule has 4 nitrogen and oxygen atoms in total. The van der Waals surface area contributed by atoms with Crippen LogP contribution in [0.25, 0.3) is 0 Å². The summed E-state index contributed by atoms with van der Waals surface area (Å²) >= 11 is 0. The van der Waals surface area contributed by atoms with E-state index in [1.54, 1.807) is 0 Å². The molecule has 3 unspecified atom stereocenters. The smallest absolute Gasteiger partial charge is 0.310 e. The molecular formula is C14H25NO3. The first-order valence-electron chi connectivity index (χ1n) is 6.96. The van der Waals surface area contributed by atoms with Gasteiger partial charge in [-0.3, -0.25) is 9.69 Å². The van der Waals surface area contributed by atoms with E-state index in [1.807, 2.05) is 0 Å². The van der Waals surface area contributed by atoms with Gasteiger partial charge in [-0.25, -0.2) is 0 Å². The molecule has 0 radical (unpaired) electrons. The minimum absolute atomic E-state index is 0.0323. The zero-order valence-electron chi connectivity index (χ0n) is 11.7. The summed E-state index contributed by atoms with van der Waals surface area (Å²) < 4.78 is 5.39. The Bertz CT molecular complexity index is 316. The quantitative estimate of drug-likeness (QED) is 0.838. The van der Waals surface area contributed by atoms with Crippen molar-refractivity contribution < 1.29 is 14.6 Å². The molecule has 18 heavy (non-hydrogen) atoms. The zero-order chi connectivity index (χ0) is 13.3. The van der Waals surface area contributed by atoms with Gasteiger partial charge >= 0.3 is 5.97 Å². The average molecular weight is 255 g/mol. The van der Waals surface area contributed by atoms with Crippen LogP contribution in [0, 0.1) is 11.3 Å². The molecule has 1 saturated carbocycles. The highest BCUT2D eigenvalue weighted by Gasteiger charge is 2.43. The summed E-state index contributed by atoms with van der Waals surface area (Å²) in [7, 11) is 2.08. The van der Waals surface area contributed by atoms with E-state index in [1.165, 1.54) is 25.7 Å². The summed E-state index contributed by atoms with van der Waals surface area (Å²) in [6.07, 6.45) is 4.95. The van der Waals surface area contributed by atoms with Gasteiger partial charge in [0, 0.05) is 12.1 Å². The van der Waals surface area contributed by atoms with Crippen molar-refractivity contribution >= 4 is 5.97 Å². The van der Waals surface area contributed by atoms with Gasteiger partial charge in [-0.05, 0) is 25.3 Å². The summed E-state index contributed by atoms with van der Waals surface area (Å²) in [5.74, 6) is -1.09. The lowest BCUT2D eigenvalue weighted by Gasteiger charge is -2.46. The van der Waals surface area contributed by atoms with Crippen LogP contribution in [0.2, 0.25) is 0 Å². The van der Waals surface area contributed by atoms with Crippen LogP contribution in [0.5, 0.6) is 0 Å². The highest BCUT2D eigenvalue weighted by molar-refractivity contribution is 5.71. The molecule has 0 aromatic heterocycles.